The van der Waals surface area contributed by atoms with E-state index in [-0.39, 0.29) is 0 Å². The highest BCUT2D eigenvalue weighted by Crippen LogP contribution is 2.47. The predicted molar refractivity (Wildman–Crippen MR) is 310 cm³/mol. The van der Waals surface area contributed by atoms with Crippen LogP contribution in [0.25, 0.3) is 133 Å². The molecule has 0 fully saturated rings. The van der Waals surface area contributed by atoms with Crippen LogP contribution < -0.4 is 0 Å². The lowest BCUT2D eigenvalue weighted by Crippen LogP contribution is -1.94. The van der Waals surface area contributed by atoms with Crippen LogP contribution in [0.15, 0.2) is 245 Å². The molecule has 0 aliphatic carbocycles. The number of hydrogen-bond donors (Lipinski definition) is 0. The van der Waals surface area contributed by atoms with E-state index in [0.717, 1.165) is 39.7 Å². The van der Waals surface area contributed by atoms with E-state index in [1.165, 1.54) is 104 Å². The average molecular weight is 951 g/mol. The number of nitrogens with zero attached hydrogens (tertiary/aromatic N) is 2. The Hall–Kier alpha value is -9.38. The van der Waals surface area contributed by atoms with Gasteiger partial charge in [-0.3, -0.25) is 0 Å². The van der Waals surface area contributed by atoms with Crippen LogP contribution in [0.1, 0.15) is 23.6 Å². The van der Waals surface area contributed by atoms with Crippen molar-refractivity contribution in [3.63, 3.8) is 0 Å². The minimum atomic E-state index is 0.647. The summed E-state index contributed by atoms with van der Waals surface area (Å²) in [6.45, 7) is 6.67. The smallest absolute Gasteiger partial charge is 0.227 e. The van der Waals surface area contributed by atoms with E-state index in [2.05, 4.69) is 219 Å². The molecule has 0 unspecified atom stereocenters. The molecule has 12 aromatic carbocycles. The van der Waals surface area contributed by atoms with Gasteiger partial charge in [0.2, 0.25) is 11.8 Å². The lowest BCUT2D eigenvalue weighted by molar-refractivity contribution is 0.619. The number of aryl methyl sites for hydroxylation is 3. The third-order valence-electron chi connectivity index (χ3n) is 14.6. The van der Waals surface area contributed by atoms with Crippen molar-refractivity contribution >= 4 is 65.3 Å². The third-order valence-corrected chi connectivity index (χ3v) is 14.6. The molecule has 14 rings (SSSR count). The van der Waals surface area contributed by atoms with Crippen molar-refractivity contribution in [2.24, 2.45) is 0 Å². The van der Waals surface area contributed by atoms with Gasteiger partial charge in [0.15, 0.2) is 11.2 Å². The van der Waals surface area contributed by atoms with Gasteiger partial charge in [-0.1, -0.05) is 195 Å². The standard InChI is InChI=1S/2C35H25NO/c1-22-16-17-23(2)32-31(22)33(24-10-4-3-5-11-24)27-12-6-7-13-28(27)34(32)25-18-20-26(21-19-25)35-36-29-14-8-9-15-30(29)37-35;1-2-23-16-21-29-30(22-23)34(24-10-4-3-5-11-24)28-13-7-6-12-27(28)33(29)25-17-19-26(20-18-25)35-36-31-14-8-9-15-32(31)37-35/h3-21H,1-2H3;3-22H,2H2,1H3. The number of fused-ring (bicyclic) bond motifs is 6. The molecule has 74 heavy (non-hydrogen) atoms. The zero-order valence-electron chi connectivity index (χ0n) is 41.4. The van der Waals surface area contributed by atoms with Crippen LogP contribution >= 0.6 is 0 Å². The Morgan fingerprint density at radius 2 is 0.662 bits per heavy atom. The molecule has 2 heterocycles. The first-order valence-electron chi connectivity index (χ1n) is 25.4. The van der Waals surface area contributed by atoms with Crippen LogP contribution in [0, 0.1) is 13.8 Å². The Morgan fingerprint density at radius 3 is 1.12 bits per heavy atom. The van der Waals surface area contributed by atoms with Gasteiger partial charge in [-0.15, -0.1) is 0 Å². The molecular formula is C70H50N2O2. The Labute approximate surface area is 429 Å². The Bertz CT molecular complexity index is 4330. The number of hydrogen-bond acceptors (Lipinski definition) is 4. The maximum Gasteiger partial charge on any atom is 0.227 e. The van der Waals surface area contributed by atoms with E-state index in [1.807, 2.05) is 48.5 Å². The normalized spacial score (nSPS) is 11.5. The van der Waals surface area contributed by atoms with Crippen molar-refractivity contribution in [3.8, 4) is 67.4 Å². The summed E-state index contributed by atoms with van der Waals surface area (Å²) in [5.74, 6) is 1.29. The third kappa shape index (κ3) is 7.80. The SMILES string of the molecule is CCc1ccc2c(-c3ccc(-c4nc5ccccc5o4)cc3)c3ccccc3c(-c3ccccc3)c2c1.Cc1ccc(C)c2c(-c3ccc(-c4nc5ccccc5o4)cc3)c3ccccc3c(-c3ccccc3)c12. The summed E-state index contributed by atoms with van der Waals surface area (Å²) in [6.07, 6.45) is 1.01. The van der Waals surface area contributed by atoms with Crippen molar-refractivity contribution in [3.05, 3.63) is 253 Å². The highest BCUT2D eigenvalue weighted by molar-refractivity contribution is 6.24. The zero-order chi connectivity index (χ0) is 49.7. The van der Waals surface area contributed by atoms with Crippen molar-refractivity contribution in [2.75, 3.05) is 0 Å². The van der Waals surface area contributed by atoms with Crippen molar-refractivity contribution in [2.45, 2.75) is 27.2 Å². The van der Waals surface area contributed by atoms with Gasteiger partial charge in [-0.05, 0) is 173 Å². The molecule has 4 heteroatoms. The van der Waals surface area contributed by atoms with E-state index >= 15 is 0 Å². The molecule has 0 amide bonds. The number of para-hydroxylation sites is 4. The van der Waals surface area contributed by atoms with Crippen LogP contribution in [0.5, 0.6) is 0 Å². The predicted octanol–water partition coefficient (Wildman–Crippen LogP) is 19.4. The van der Waals surface area contributed by atoms with Gasteiger partial charge >= 0.3 is 0 Å². The van der Waals surface area contributed by atoms with Crippen LogP contribution in [-0.4, -0.2) is 9.97 Å². The van der Waals surface area contributed by atoms with Gasteiger partial charge in [0.25, 0.3) is 0 Å². The lowest BCUT2D eigenvalue weighted by Gasteiger charge is -2.20. The number of aromatic nitrogens is 2. The maximum atomic E-state index is 6.03. The quantitative estimate of drug-likeness (QED) is 0.149. The first-order chi connectivity index (χ1) is 36.5. The highest BCUT2D eigenvalue weighted by atomic mass is 16.4. The molecule has 0 N–H and O–H groups in total. The molecule has 352 valence electrons. The molecule has 0 saturated carbocycles. The Morgan fingerprint density at radius 1 is 0.311 bits per heavy atom. The molecular weight excluding hydrogens is 901 g/mol. The Balaban J connectivity index is 0.000000143. The van der Waals surface area contributed by atoms with Crippen LogP contribution in [0.2, 0.25) is 0 Å². The van der Waals surface area contributed by atoms with Crippen LogP contribution in [0.3, 0.4) is 0 Å². The van der Waals surface area contributed by atoms with Crippen LogP contribution in [-0.2, 0) is 6.42 Å². The fraction of sp³-hybridized carbons (Fsp3) is 0.0571. The van der Waals surface area contributed by atoms with Gasteiger partial charge in [0, 0.05) is 11.1 Å². The van der Waals surface area contributed by atoms with E-state index in [9.17, 15) is 0 Å². The largest absolute Gasteiger partial charge is 0.436 e. The minimum absolute atomic E-state index is 0.647. The summed E-state index contributed by atoms with van der Waals surface area (Å²) in [6, 6.07) is 83.6. The van der Waals surface area contributed by atoms with Gasteiger partial charge in [0.1, 0.15) is 11.0 Å². The highest BCUT2D eigenvalue weighted by Gasteiger charge is 2.21. The van der Waals surface area contributed by atoms with Gasteiger partial charge < -0.3 is 8.83 Å². The number of benzene rings is 12. The van der Waals surface area contributed by atoms with E-state index < -0.39 is 0 Å². The molecule has 0 saturated heterocycles. The summed E-state index contributed by atoms with van der Waals surface area (Å²) in [7, 11) is 0. The first-order valence-corrected chi connectivity index (χ1v) is 25.4. The second kappa shape index (κ2) is 18.7. The van der Waals surface area contributed by atoms with Crippen molar-refractivity contribution in [1.82, 2.24) is 9.97 Å². The second-order valence-corrected chi connectivity index (χ2v) is 19.1. The summed E-state index contributed by atoms with van der Waals surface area (Å²) >= 11 is 0. The van der Waals surface area contributed by atoms with E-state index in [4.69, 9.17) is 8.83 Å². The van der Waals surface area contributed by atoms with Crippen LogP contribution in [0.4, 0.5) is 0 Å². The summed E-state index contributed by atoms with van der Waals surface area (Å²) in [4.78, 5) is 9.37. The maximum absolute atomic E-state index is 6.03. The second-order valence-electron chi connectivity index (χ2n) is 19.1. The number of oxazole rings is 2. The van der Waals surface area contributed by atoms with E-state index in [0.29, 0.717) is 11.8 Å². The van der Waals surface area contributed by atoms with E-state index in [1.54, 1.807) is 0 Å². The molecule has 0 spiro atoms. The summed E-state index contributed by atoms with van der Waals surface area (Å²) < 4.78 is 12.0. The van der Waals surface area contributed by atoms with Gasteiger partial charge in [-0.25, -0.2) is 9.97 Å². The molecule has 0 bridgehead atoms. The first kappa shape index (κ1) is 44.6. The summed E-state index contributed by atoms with van der Waals surface area (Å²) in [5, 5.41) is 10.3. The zero-order valence-corrected chi connectivity index (χ0v) is 41.4. The fourth-order valence-corrected chi connectivity index (χ4v) is 11.1. The van der Waals surface area contributed by atoms with Gasteiger partial charge in [0.05, 0.1) is 0 Å². The topological polar surface area (TPSA) is 52.1 Å². The Kier molecular flexibility index (Phi) is 11.2. The molecule has 2 aromatic heterocycles. The lowest BCUT2D eigenvalue weighted by atomic mass is 9.83. The molecule has 0 radical (unpaired) electrons. The fourth-order valence-electron chi connectivity index (χ4n) is 11.1. The molecule has 0 atom stereocenters. The summed E-state index contributed by atoms with van der Waals surface area (Å²) in [5.41, 5.74) is 19.2. The monoisotopic (exact) mass is 950 g/mol. The van der Waals surface area contributed by atoms with Gasteiger partial charge in [-0.2, -0.15) is 0 Å². The minimum Gasteiger partial charge on any atom is -0.436 e. The average Bonchev–Trinajstić information content (AvgIpc) is 4.12. The molecule has 14 aromatic rings. The molecule has 4 nitrogen and oxygen atoms in total. The van der Waals surface area contributed by atoms with Crippen molar-refractivity contribution < 1.29 is 8.83 Å². The number of rotatable bonds is 7. The molecule has 0 aliphatic rings. The van der Waals surface area contributed by atoms with Crippen molar-refractivity contribution in [1.29, 1.82) is 0 Å². The molecule has 0 aliphatic heterocycles.